The minimum absolute atomic E-state index is 0.216. The van der Waals surface area contributed by atoms with Crippen molar-refractivity contribution in [3.05, 3.63) is 47.7 Å². The summed E-state index contributed by atoms with van der Waals surface area (Å²) in [6.45, 7) is 11.3. The molecule has 0 aliphatic carbocycles. The SMILES string of the molecule is Cc1cn2cc(NC(=O)c3ccc(N4C[C@H](C)N[C@@H](C)C4)c4c3OC(C)(C)O4)cc(F)c2n1. The lowest BCUT2D eigenvalue weighted by molar-refractivity contribution is -0.0431. The first-order chi connectivity index (χ1) is 15.6. The predicted molar refractivity (Wildman–Crippen MR) is 124 cm³/mol. The molecule has 9 heteroatoms. The highest BCUT2D eigenvalue weighted by Gasteiger charge is 2.39. The van der Waals surface area contributed by atoms with Gasteiger partial charge in [0, 0.05) is 57.5 Å². The van der Waals surface area contributed by atoms with Crippen LogP contribution in [0.3, 0.4) is 0 Å². The van der Waals surface area contributed by atoms with Crippen LogP contribution >= 0.6 is 0 Å². The van der Waals surface area contributed by atoms with Gasteiger partial charge < -0.3 is 29.4 Å². The maximum Gasteiger partial charge on any atom is 0.259 e. The van der Waals surface area contributed by atoms with E-state index in [9.17, 15) is 9.18 Å². The second-order valence-corrected chi connectivity index (χ2v) is 9.41. The Balaban J connectivity index is 1.49. The number of fused-ring (bicyclic) bond motifs is 2. The van der Waals surface area contributed by atoms with Crippen LogP contribution in [0.5, 0.6) is 11.5 Å². The van der Waals surface area contributed by atoms with Gasteiger partial charge in [-0.05, 0) is 32.9 Å². The summed E-state index contributed by atoms with van der Waals surface area (Å²) in [6, 6.07) is 5.53. The number of hydrogen-bond donors (Lipinski definition) is 2. The number of anilines is 2. The first-order valence-electron chi connectivity index (χ1n) is 11.1. The number of aryl methyl sites for hydroxylation is 1. The average Bonchev–Trinajstić information content (AvgIpc) is 3.24. The second-order valence-electron chi connectivity index (χ2n) is 9.41. The molecule has 0 spiro atoms. The molecule has 1 aromatic carbocycles. The van der Waals surface area contributed by atoms with E-state index in [0.29, 0.717) is 40.5 Å². The molecular formula is C24H28FN5O3. The summed E-state index contributed by atoms with van der Waals surface area (Å²) >= 11 is 0. The van der Waals surface area contributed by atoms with Gasteiger partial charge in [0.25, 0.3) is 5.91 Å². The molecule has 2 aliphatic rings. The number of piperazine rings is 1. The fourth-order valence-corrected chi connectivity index (χ4v) is 4.66. The average molecular weight is 454 g/mol. The third-order valence-electron chi connectivity index (χ3n) is 5.81. The van der Waals surface area contributed by atoms with Crippen molar-refractivity contribution in [1.82, 2.24) is 14.7 Å². The zero-order chi connectivity index (χ0) is 23.5. The van der Waals surface area contributed by atoms with Crippen LogP contribution in [0.4, 0.5) is 15.8 Å². The maximum atomic E-state index is 14.5. The number of nitrogens with zero attached hydrogens (tertiary/aromatic N) is 3. The molecule has 4 heterocycles. The Morgan fingerprint density at radius 2 is 1.88 bits per heavy atom. The van der Waals surface area contributed by atoms with Gasteiger partial charge in [0.05, 0.1) is 22.6 Å². The number of ether oxygens (including phenoxy) is 2. The van der Waals surface area contributed by atoms with Gasteiger partial charge in [-0.15, -0.1) is 0 Å². The van der Waals surface area contributed by atoms with Crippen LogP contribution in [0.15, 0.2) is 30.6 Å². The smallest absolute Gasteiger partial charge is 0.259 e. The Kier molecular flexibility index (Phi) is 4.97. The number of rotatable bonds is 3. The van der Waals surface area contributed by atoms with Crippen LogP contribution in [0.25, 0.3) is 5.65 Å². The van der Waals surface area contributed by atoms with Gasteiger partial charge in [0.1, 0.15) is 0 Å². The first-order valence-corrected chi connectivity index (χ1v) is 11.1. The van der Waals surface area contributed by atoms with Gasteiger partial charge in [-0.1, -0.05) is 0 Å². The molecule has 0 bridgehead atoms. The van der Waals surface area contributed by atoms with E-state index in [4.69, 9.17) is 9.47 Å². The van der Waals surface area contributed by atoms with Crippen molar-refractivity contribution in [1.29, 1.82) is 0 Å². The molecule has 2 atom stereocenters. The number of pyridine rings is 1. The third-order valence-corrected chi connectivity index (χ3v) is 5.81. The summed E-state index contributed by atoms with van der Waals surface area (Å²) in [5.74, 6) is -0.867. The lowest BCUT2D eigenvalue weighted by Crippen LogP contribution is -2.54. The Morgan fingerprint density at radius 3 is 2.61 bits per heavy atom. The summed E-state index contributed by atoms with van der Waals surface area (Å²) in [5, 5.41) is 6.31. The monoisotopic (exact) mass is 453 g/mol. The van der Waals surface area contributed by atoms with Crippen molar-refractivity contribution < 1.29 is 18.7 Å². The Morgan fingerprint density at radius 1 is 1.18 bits per heavy atom. The molecule has 0 radical (unpaired) electrons. The number of nitrogens with one attached hydrogen (secondary N) is 2. The fourth-order valence-electron chi connectivity index (χ4n) is 4.66. The molecule has 3 aromatic rings. The molecule has 1 fully saturated rings. The number of hydrogen-bond acceptors (Lipinski definition) is 6. The summed E-state index contributed by atoms with van der Waals surface area (Å²) < 4.78 is 28.2. The van der Waals surface area contributed by atoms with Crippen LogP contribution in [0.1, 0.15) is 43.7 Å². The van der Waals surface area contributed by atoms with Gasteiger partial charge in [-0.25, -0.2) is 9.37 Å². The van der Waals surface area contributed by atoms with Crippen molar-refractivity contribution in [2.45, 2.75) is 52.5 Å². The largest absolute Gasteiger partial charge is 0.448 e. The zero-order valence-corrected chi connectivity index (χ0v) is 19.4. The van der Waals surface area contributed by atoms with Crippen molar-refractivity contribution in [2.24, 2.45) is 0 Å². The third kappa shape index (κ3) is 3.97. The molecule has 5 rings (SSSR count). The lowest BCUT2D eigenvalue weighted by atomic mass is 10.1. The van der Waals surface area contributed by atoms with Crippen LogP contribution in [0.2, 0.25) is 0 Å². The Labute approximate surface area is 191 Å². The molecular weight excluding hydrogens is 425 g/mol. The summed E-state index contributed by atoms with van der Waals surface area (Å²) in [4.78, 5) is 19.6. The van der Waals surface area contributed by atoms with Crippen molar-refractivity contribution in [3.8, 4) is 11.5 Å². The standard InChI is InChI=1S/C24H28FN5O3/c1-13-9-29(10-14(2)26-13)19-7-6-17(20-21(19)33-24(4,5)32-20)23(31)28-16-8-18(25)22-27-15(3)11-30(22)12-16/h6-8,11-14,26H,9-10H2,1-5H3,(H,28,31)/t13-,14-/m0/s1. The normalized spacial score (nSPS) is 21.5. The quantitative estimate of drug-likeness (QED) is 0.629. The molecule has 174 valence electrons. The maximum absolute atomic E-state index is 14.5. The van der Waals surface area contributed by atoms with E-state index in [1.165, 1.54) is 6.07 Å². The molecule has 8 nitrogen and oxygen atoms in total. The highest BCUT2D eigenvalue weighted by atomic mass is 19.1. The minimum Gasteiger partial charge on any atom is -0.448 e. The van der Waals surface area contributed by atoms with Gasteiger partial charge >= 0.3 is 0 Å². The molecule has 0 saturated carbocycles. The molecule has 2 N–H and O–H groups in total. The van der Waals surface area contributed by atoms with E-state index in [0.717, 1.165) is 18.8 Å². The van der Waals surface area contributed by atoms with E-state index in [1.54, 1.807) is 29.8 Å². The molecule has 1 saturated heterocycles. The van der Waals surface area contributed by atoms with E-state index >= 15 is 0 Å². The van der Waals surface area contributed by atoms with Crippen molar-refractivity contribution >= 4 is 22.9 Å². The van der Waals surface area contributed by atoms with E-state index < -0.39 is 17.5 Å². The summed E-state index contributed by atoms with van der Waals surface area (Å²) in [6.07, 6.45) is 3.34. The highest BCUT2D eigenvalue weighted by Crippen LogP contribution is 2.48. The number of imidazole rings is 1. The summed E-state index contributed by atoms with van der Waals surface area (Å²) in [5.41, 5.74) is 2.46. The number of aromatic nitrogens is 2. The zero-order valence-electron chi connectivity index (χ0n) is 19.4. The molecule has 33 heavy (non-hydrogen) atoms. The second kappa shape index (κ2) is 7.62. The topological polar surface area (TPSA) is 80.1 Å². The van der Waals surface area contributed by atoms with E-state index in [1.807, 2.05) is 19.9 Å². The number of carbonyl (C=O) groups excluding carboxylic acids is 1. The highest BCUT2D eigenvalue weighted by molar-refractivity contribution is 6.07. The predicted octanol–water partition coefficient (Wildman–Crippen LogP) is 3.73. The van der Waals surface area contributed by atoms with Gasteiger partial charge in [0.15, 0.2) is 23.0 Å². The fraction of sp³-hybridized carbons (Fsp3) is 0.417. The number of amides is 1. The number of benzene rings is 1. The van der Waals surface area contributed by atoms with Crippen LogP contribution in [0, 0.1) is 12.7 Å². The number of halogens is 1. The van der Waals surface area contributed by atoms with Crippen LogP contribution in [-0.4, -0.2) is 46.3 Å². The van der Waals surface area contributed by atoms with Crippen molar-refractivity contribution in [3.63, 3.8) is 0 Å². The van der Waals surface area contributed by atoms with Gasteiger partial charge in [-0.3, -0.25) is 4.79 Å². The first kappa shape index (κ1) is 21.5. The molecule has 0 unspecified atom stereocenters. The van der Waals surface area contributed by atoms with Crippen LogP contribution < -0.4 is 25.0 Å². The molecule has 2 aromatic heterocycles. The Bertz CT molecular complexity index is 1240. The Hall–Kier alpha value is -3.33. The van der Waals surface area contributed by atoms with Crippen molar-refractivity contribution in [2.75, 3.05) is 23.3 Å². The van der Waals surface area contributed by atoms with Crippen LogP contribution in [-0.2, 0) is 0 Å². The van der Waals surface area contributed by atoms with Gasteiger partial charge in [-0.2, -0.15) is 0 Å². The van der Waals surface area contributed by atoms with Gasteiger partial charge in [0.2, 0.25) is 5.79 Å². The van der Waals surface area contributed by atoms with E-state index in [2.05, 4.69) is 34.4 Å². The molecule has 2 aliphatic heterocycles. The minimum atomic E-state index is -0.905. The van der Waals surface area contributed by atoms with E-state index in [-0.39, 0.29) is 5.65 Å². The lowest BCUT2D eigenvalue weighted by Gasteiger charge is -2.38. The summed E-state index contributed by atoms with van der Waals surface area (Å²) in [7, 11) is 0. The number of carbonyl (C=O) groups is 1. The molecule has 1 amide bonds.